The molecule has 0 radical (unpaired) electrons. The maximum absolute atomic E-state index is 12.0. The second-order valence-electron chi connectivity index (χ2n) is 4.74. The van der Waals surface area contributed by atoms with Gasteiger partial charge >= 0.3 is 0 Å². The molecule has 0 spiro atoms. The Labute approximate surface area is 110 Å². The molecular formula is C13H22N2O2S. The van der Waals surface area contributed by atoms with E-state index in [1.165, 1.54) is 0 Å². The highest BCUT2D eigenvalue weighted by Gasteiger charge is 2.14. The van der Waals surface area contributed by atoms with Crippen molar-refractivity contribution in [1.29, 1.82) is 0 Å². The van der Waals surface area contributed by atoms with E-state index in [4.69, 9.17) is 5.73 Å². The van der Waals surface area contributed by atoms with Crippen LogP contribution in [0.3, 0.4) is 0 Å². The summed E-state index contributed by atoms with van der Waals surface area (Å²) in [7, 11) is -3.44. The Hall–Kier alpha value is -0.910. The van der Waals surface area contributed by atoms with Gasteiger partial charge in [-0.15, -0.1) is 0 Å². The van der Waals surface area contributed by atoms with Crippen molar-refractivity contribution in [2.75, 3.05) is 6.54 Å². The molecule has 0 saturated heterocycles. The molecule has 0 aliphatic heterocycles. The van der Waals surface area contributed by atoms with E-state index >= 15 is 0 Å². The lowest BCUT2D eigenvalue weighted by molar-refractivity contribution is 0.564. The Morgan fingerprint density at radius 2 is 1.78 bits per heavy atom. The monoisotopic (exact) mass is 270 g/mol. The first-order valence-electron chi connectivity index (χ1n) is 6.22. The van der Waals surface area contributed by atoms with Crippen LogP contribution in [-0.2, 0) is 10.0 Å². The fourth-order valence-corrected chi connectivity index (χ4v) is 2.57. The molecule has 1 aromatic carbocycles. The van der Waals surface area contributed by atoms with Gasteiger partial charge in [0.2, 0.25) is 10.0 Å². The molecule has 0 aromatic heterocycles. The third kappa shape index (κ3) is 4.08. The molecule has 0 bridgehead atoms. The van der Waals surface area contributed by atoms with Crippen LogP contribution in [-0.4, -0.2) is 21.0 Å². The predicted molar refractivity (Wildman–Crippen MR) is 74.0 cm³/mol. The van der Waals surface area contributed by atoms with Crippen LogP contribution in [0.1, 0.15) is 38.7 Å². The summed E-state index contributed by atoms with van der Waals surface area (Å²) in [5.74, 6) is 0.392. The van der Waals surface area contributed by atoms with Crippen molar-refractivity contribution < 1.29 is 8.42 Å². The van der Waals surface area contributed by atoms with Gasteiger partial charge < -0.3 is 5.73 Å². The van der Waals surface area contributed by atoms with Gasteiger partial charge in [0, 0.05) is 12.6 Å². The van der Waals surface area contributed by atoms with E-state index in [-0.39, 0.29) is 17.5 Å². The molecule has 102 valence electrons. The van der Waals surface area contributed by atoms with E-state index in [0.717, 1.165) is 12.0 Å². The number of benzene rings is 1. The first kappa shape index (κ1) is 15.1. The zero-order valence-electron chi connectivity index (χ0n) is 11.2. The molecular weight excluding hydrogens is 248 g/mol. The van der Waals surface area contributed by atoms with Crippen LogP contribution in [0.4, 0.5) is 0 Å². The largest absolute Gasteiger partial charge is 0.327 e. The molecule has 3 N–H and O–H groups in total. The lowest BCUT2D eigenvalue weighted by Gasteiger charge is -2.12. The topological polar surface area (TPSA) is 72.2 Å². The minimum absolute atomic E-state index is 0.144. The fraction of sp³-hybridized carbons (Fsp3) is 0.538. The van der Waals surface area contributed by atoms with Crippen LogP contribution < -0.4 is 10.5 Å². The average molecular weight is 270 g/mol. The van der Waals surface area contributed by atoms with Crippen LogP contribution in [0, 0.1) is 0 Å². The van der Waals surface area contributed by atoms with Crippen LogP contribution >= 0.6 is 0 Å². The van der Waals surface area contributed by atoms with Gasteiger partial charge in [-0.05, 0) is 30.0 Å². The number of sulfonamides is 1. The van der Waals surface area contributed by atoms with E-state index in [1.54, 1.807) is 12.1 Å². The third-order valence-electron chi connectivity index (χ3n) is 2.92. The Morgan fingerprint density at radius 1 is 1.22 bits per heavy atom. The van der Waals surface area contributed by atoms with E-state index < -0.39 is 10.0 Å². The summed E-state index contributed by atoms with van der Waals surface area (Å²) in [6.45, 7) is 6.34. The first-order chi connectivity index (χ1) is 8.36. The van der Waals surface area contributed by atoms with E-state index in [0.29, 0.717) is 5.92 Å². The lowest BCUT2D eigenvalue weighted by atomic mass is 10.0. The summed E-state index contributed by atoms with van der Waals surface area (Å²) in [4.78, 5) is 0.287. The van der Waals surface area contributed by atoms with Crippen molar-refractivity contribution >= 4 is 10.0 Å². The Kier molecular flexibility index (Phi) is 5.31. The summed E-state index contributed by atoms with van der Waals surface area (Å²) in [5, 5.41) is 0. The minimum Gasteiger partial charge on any atom is -0.327 e. The number of nitrogens with one attached hydrogen (secondary N) is 1. The molecule has 5 heteroatoms. The quantitative estimate of drug-likeness (QED) is 0.828. The van der Waals surface area contributed by atoms with Crippen LogP contribution in [0.25, 0.3) is 0 Å². The van der Waals surface area contributed by atoms with Gasteiger partial charge in [0.1, 0.15) is 0 Å². The van der Waals surface area contributed by atoms with Crippen molar-refractivity contribution in [3.63, 3.8) is 0 Å². The highest BCUT2D eigenvalue weighted by molar-refractivity contribution is 7.89. The van der Waals surface area contributed by atoms with Crippen LogP contribution in [0.15, 0.2) is 29.2 Å². The van der Waals surface area contributed by atoms with E-state index in [2.05, 4.69) is 18.6 Å². The number of nitrogens with two attached hydrogens (primary N) is 1. The zero-order valence-corrected chi connectivity index (χ0v) is 12.0. The van der Waals surface area contributed by atoms with Crippen LogP contribution in [0.5, 0.6) is 0 Å². The molecule has 4 nitrogen and oxygen atoms in total. The molecule has 18 heavy (non-hydrogen) atoms. The van der Waals surface area contributed by atoms with Gasteiger partial charge in [-0.25, -0.2) is 13.1 Å². The number of hydrogen-bond acceptors (Lipinski definition) is 3. The Morgan fingerprint density at radius 3 is 2.22 bits per heavy atom. The van der Waals surface area contributed by atoms with Crippen molar-refractivity contribution in [1.82, 2.24) is 4.72 Å². The standard InChI is InChI=1S/C13H22N2O2S/c1-4-12(14)9-15-18(16,17)13-7-5-11(6-8-13)10(2)3/h5-8,10,12,15H,4,9,14H2,1-3H3. The zero-order chi connectivity index (χ0) is 13.8. The highest BCUT2D eigenvalue weighted by atomic mass is 32.2. The van der Waals surface area contributed by atoms with Crippen molar-refractivity contribution in [2.24, 2.45) is 5.73 Å². The maximum Gasteiger partial charge on any atom is 0.240 e. The molecule has 0 aliphatic rings. The normalized spacial score (nSPS) is 13.8. The second kappa shape index (κ2) is 6.31. The molecule has 1 atom stereocenters. The summed E-state index contributed by atoms with van der Waals surface area (Å²) in [6, 6.07) is 6.82. The van der Waals surface area contributed by atoms with Gasteiger partial charge in [0.25, 0.3) is 0 Å². The fourth-order valence-electron chi connectivity index (χ4n) is 1.48. The molecule has 1 unspecified atom stereocenters. The van der Waals surface area contributed by atoms with Crippen molar-refractivity contribution in [3.8, 4) is 0 Å². The Bertz CT molecular complexity index is 466. The van der Waals surface area contributed by atoms with Gasteiger partial charge in [-0.2, -0.15) is 0 Å². The maximum atomic E-state index is 12.0. The van der Waals surface area contributed by atoms with Gasteiger partial charge in [-0.3, -0.25) is 0 Å². The van der Waals surface area contributed by atoms with Gasteiger partial charge in [-0.1, -0.05) is 32.9 Å². The van der Waals surface area contributed by atoms with Crippen LogP contribution in [0.2, 0.25) is 0 Å². The summed E-state index contributed by atoms with van der Waals surface area (Å²) in [6.07, 6.45) is 0.745. The highest BCUT2D eigenvalue weighted by Crippen LogP contribution is 2.17. The summed E-state index contributed by atoms with van der Waals surface area (Å²) >= 11 is 0. The molecule has 0 saturated carbocycles. The third-order valence-corrected chi connectivity index (χ3v) is 4.36. The SMILES string of the molecule is CCC(N)CNS(=O)(=O)c1ccc(C(C)C)cc1. The molecule has 0 heterocycles. The van der Waals surface area contributed by atoms with Crippen molar-refractivity contribution in [3.05, 3.63) is 29.8 Å². The molecule has 0 aliphatic carbocycles. The van der Waals surface area contributed by atoms with Crippen molar-refractivity contribution in [2.45, 2.75) is 44.0 Å². The predicted octanol–water partition coefficient (Wildman–Crippen LogP) is 1.83. The summed E-state index contributed by atoms with van der Waals surface area (Å²) < 4.78 is 26.5. The molecule has 0 amide bonds. The summed E-state index contributed by atoms with van der Waals surface area (Å²) in [5.41, 5.74) is 6.82. The van der Waals surface area contributed by atoms with Gasteiger partial charge in [0.05, 0.1) is 4.90 Å². The van der Waals surface area contributed by atoms with E-state index in [1.807, 2.05) is 19.1 Å². The molecule has 0 fully saturated rings. The smallest absolute Gasteiger partial charge is 0.240 e. The lowest BCUT2D eigenvalue weighted by Crippen LogP contribution is -2.36. The number of hydrogen-bond donors (Lipinski definition) is 2. The Balaban J connectivity index is 2.79. The minimum atomic E-state index is -3.44. The average Bonchev–Trinajstić information content (AvgIpc) is 2.36. The number of rotatable bonds is 6. The second-order valence-corrected chi connectivity index (χ2v) is 6.51. The van der Waals surface area contributed by atoms with Gasteiger partial charge in [0.15, 0.2) is 0 Å². The molecule has 1 aromatic rings. The van der Waals surface area contributed by atoms with E-state index in [9.17, 15) is 8.42 Å². The first-order valence-corrected chi connectivity index (χ1v) is 7.70. The molecule has 1 rings (SSSR count).